The molecule has 4 rings (SSSR count). The molecule has 3 heterocycles. The number of alkyl halides is 3. The van der Waals surface area contributed by atoms with E-state index < -0.39 is 11.7 Å². The van der Waals surface area contributed by atoms with Crippen molar-refractivity contribution >= 4 is 11.3 Å². The monoisotopic (exact) mass is 423 g/mol. The molecule has 1 saturated heterocycles. The molecule has 0 radical (unpaired) electrons. The number of hydrogen-bond donors (Lipinski definition) is 0. The zero-order valence-corrected chi connectivity index (χ0v) is 16.4. The quantitative estimate of drug-likeness (QED) is 0.535. The first kappa shape index (κ1) is 20.1. The van der Waals surface area contributed by atoms with Crippen molar-refractivity contribution < 1.29 is 22.4 Å². The molecule has 154 valence electrons. The molecule has 29 heavy (non-hydrogen) atoms. The van der Waals surface area contributed by atoms with E-state index in [1.807, 2.05) is 11.4 Å². The lowest BCUT2D eigenvalue weighted by Gasteiger charge is -2.23. The van der Waals surface area contributed by atoms with Gasteiger partial charge in [0.1, 0.15) is 0 Å². The van der Waals surface area contributed by atoms with Gasteiger partial charge in [0, 0.05) is 30.1 Å². The van der Waals surface area contributed by atoms with Gasteiger partial charge in [0.25, 0.3) is 0 Å². The summed E-state index contributed by atoms with van der Waals surface area (Å²) in [7, 11) is 0. The fourth-order valence-electron chi connectivity index (χ4n) is 3.35. The van der Waals surface area contributed by atoms with Crippen molar-refractivity contribution in [1.29, 1.82) is 0 Å². The highest BCUT2D eigenvalue weighted by Crippen LogP contribution is 2.31. The van der Waals surface area contributed by atoms with Gasteiger partial charge in [-0.05, 0) is 36.4 Å². The minimum atomic E-state index is -4.42. The normalized spacial score (nSPS) is 17.3. The van der Waals surface area contributed by atoms with Crippen molar-refractivity contribution in [3.63, 3.8) is 0 Å². The smallest absolute Gasteiger partial charge is 0.377 e. The van der Waals surface area contributed by atoms with E-state index in [2.05, 4.69) is 21.1 Å². The van der Waals surface area contributed by atoms with Crippen LogP contribution in [0.2, 0.25) is 0 Å². The zero-order valence-electron chi connectivity index (χ0n) is 15.6. The standard InChI is InChI=1S/C20H20F3N3O2S/c21-20(22,23)15-5-1-4-14(10-15)19-24-18(28-25-19)13-26(11-16-6-2-8-27-16)12-17-7-3-9-29-17/h1,3-5,7,9-10,16H,2,6,8,11-13H2. The van der Waals surface area contributed by atoms with Crippen LogP contribution in [-0.4, -0.2) is 34.3 Å². The summed E-state index contributed by atoms with van der Waals surface area (Å²) in [6.45, 7) is 2.64. The predicted octanol–water partition coefficient (Wildman–Crippen LogP) is 5.00. The number of rotatable bonds is 7. The van der Waals surface area contributed by atoms with Crippen LogP contribution in [0.5, 0.6) is 0 Å². The minimum Gasteiger partial charge on any atom is -0.377 e. The second-order valence-electron chi connectivity index (χ2n) is 6.97. The van der Waals surface area contributed by atoms with E-state index in [0.29, 0.717) is 12.4 Å². The molecule has 1 aliphatic rings. The fraction of sp³-hybridized carbons (Fsp3) is 0.400. The van der Waals surface area contributed by atoms with E-state index >= 15 is 0 Å². The molecule has 2 aromatic heterocycles. The molecular formula is C20H20F3N3O2S. The Hall–Kier alpha value is -2.23. The van der Waals surface area contributed by atoms with Crippen LogP contribution in [0, 0.1) is 0 Å². The van der Waals surface area contributed by atoms with Gasteiger partial charge in [-0.2, -0.15) is 18.2 Å². The Morgan fingerprint density at radius 1 is 1.17 bits per heavy atom. The van der Waals surface area contributed by atoms with E-state index in [9.17, 15) is 13.2 Å². The van der Waals surface area contributed by atoms with E-state index in [0.717, 1.165) is 44.7 Å². The Balaban J connectivity index is 1.49. The summed E-state index contributed by atoms with van der Waals surface area (Å²) in [6, 6.07) is 9.01. The lowest BCUT2D eigenvalue weighted by molar-refractivity contribution is -0.137. The number of halogens is 3. The van der Waals surface area contributed by atoms with Crippen LogP contribution in [0.25, 0.3) is 11.4 Å². The third-order valence-electron chi connectivity index (χ3n) is 4.72. The molecule has 0 spiro atoms. The van der Waals surface area contributed by atoms with E-state index in [4.69, 9.17) is 9.26 Å². The zero-order chi connectivity index (χ0) is 20.3. The molecule has 1 unspecified atom stereocenters. The van der Waals surface area contributed by atoms with Gasteiger partial charge in [0.05, 0.1) is 18.2 Å². The van der Waals surface area contributed by atoms with E-state index in [1.165, 1.54) is 10.9 Å². The van der Waals surface area contributed by atoms with Crippen molar-refractivity contribution in [2.75, 3.05) is 13.2 Å². The van der Waals surface area contributed by atoms with Crippen LogP contribution < -0.4 is 0 Å². The van der Waals surface area contributed by atoms with Crippen LogP contribution in [0.3, 0.4) is 0 Å². The first-order valence-electron chi connectivity index (χ1n) is 9.34. The van der Waals surface area contributed by atoms with Gasteiger partial charge in [0.2, 0.25) is 11.7 Å². The number of nitrogens with zero attached hydrogens (tertiary/aromatic N) is 3. The van der Waals surface area contributed by atoms with Crippen molar-refractivity contribution in [2.24, 2.45) is 0 Å². The highest BCUT2D eigenvalue weighted by Gasteiger charge is 2.31. The highest BCUT2D eigenvalue weighted by atomic mass is 32.1. The Morgan fingerprint density at radius 2 is 2.07 bits per heavy atom. The minimum absolute atomic E-state index is 0.152. The van der Waals surface area contributed by atoms with E-state index in [-0.39, 0.29) is 17.5 Å². The number of thiophene rings is 1. The maximum absolute atomic E-state index is 13.0. The van der Waals surface area contributed by atoms with Gasteiger partial charge in [-0.1, -0.05) is 23.4 Å². The summed E-state index contributed by atoms with van der Waals surface area (Å²) < 4.78 is 49.9. The van der Waals surface area contributed by atoms with Crippen molar-refractivity contribution in [3.8, 4) is 11.4 Å². The Morgan fingerprint density at radius 3 is 2.79 bits per heavy atom. The molecular weight excluding hydrogens is 403 g/mol. The summed E-state index contributed by atoms with van der Waals surface area (Å²) >= 11 is 1.67. The number of aromatic nitrogens is 2. The lowest BCUT2D eigenvalue weighted by atomic mass is 10.1. The molecule has 9 heteroatoms. The highest BCUT2D eigenvalue weighted by molar-refractivity contribution is 7.09. The molecule has 1 fully saturated rings. The molecule has 0 aliphatic carbocycles. The molecule has 3 aromatic rings. The van der Waals surface area contributed by atoms with Gasteiger partial charge in [-0.3, -0.25) is 4.90 Å². The molecule has 1 atom stereocenters. The third kappa shape index (κ3) is 5.23. The summed E-state index contributed by atoms with van der Waals surface area (Å²) in [5.74, 6) is 0.520. The third-order valence-corrected chi connectivity index (χ3v) is 5.58. The molecule has 5 nitrogen and oxygen atoms in total. The second-order valence-corrected chi connectivity index (χ2v) is 8.01. The number of ether oxygens (including phenoxy) is 1. The van der Waals surface area contributed by atoms with Crippen LogP contribution >= 0.6 is 11.3 Å². The largest absolute Gasteiger partial charge is 0.416 e. The average molecular weight is 423 g/mol. The van der Waals surface area contributed by atoms with Crippen LogP contribution in [0.15, 0.2) is 46.3 Å². The molecule has 0 bridgehead atoms. The maximum atomic E-state index is 13.0. The van der Waals surface area contributed by atoms with Crippen LogP contribution in [0.4, 0.5) is 13.2 Å². The summed E-state index contributed by atoms with van der Waals surface area (Å²) in [5.41, 5.74) is -0.460. The summed E-state index contributed by atoms with van der Waals surface area (Å²) in [6.07, 6.45) is -2.18. The van der Waals surface area contributed by atoms with Gasteiger partial charge in [-0.15, -0.1) is 11.3 Å². The Labute approximate surface area is 170 Å². The maximum Gasteiger partial charge on any atom is 0.416 e. The van der Waals surface area contributed by atoms with Crippen LogP contribution in [0.1, 0.15) is 29.2 Å². The first-order valence-corrected chi connectivity index (χ1v) is 10.2. The number of hydrogen-bond acceptors (Lipinski definition) is 6. The van der Waals surface area contributed by atoms with E-state index in [1.54, 1.807) is 17.4 Å². The fourth-order valence-corrected chi connectivity index (χ4v) is 4.09. The summed E-state index contributed by atoms with van der Waals surface area (Å²) in [5, 5.41) is 5.91. The SMILES string of the molecule is FC(F)(F)c1cccc(-c2noc(CN(Cc3cccs3)CC3CCCO3)n2)c1. The average Bonchev–Trinajstić information content (AvgIpc) is 3.44. The van der Waals surface area contributed by atoms with Gasteiger partial charge < -0.3 is 9.26 Å². The molecule has 0 saturated carbocycles. The molecule has 0 N–H and O–H groups in total. The van der Waals surface area contributed by atoms with Crippen molar-refractivity contribution in [2.45, 2.75) is 38.2 Å². The summed E-state index contributed by atoms with van der Waals surface area (Å²) in [4.78, 5) is 7.70. The molecule has 1 aliphatic heterocycles. The predicted molar refractivity (Wildman–Crippen MR) is 102 cm³/mol. The Kier molecular flexibility index (Phi) is 5.98. The van der Waals surface area contributed by atoms with Crippen molar-refractivity contribution in [1.82, 2.24) is 15.0 Å². The first-order chi connectivity index (χ1) is 14.0. The molecule has 1 aromatic carbocycles. The second kappa shape index (κ2) is 8.64. The number of benzene rings is 1. The van der Waals surface area contributed by atoms with Crippen LogP contribution in [-0.2, 0) is 24.0 Å². The molecule has 0 amide bonds. The van der Waals surface area contributed by atoms with Gasteiger partial charge >= 0.3 is 6.18 Å². The lowest BCUT2D eigenvalue weighted by Crippen LogP contribution is -2.31. The Bertz CT molecular complexity index is 921. The van der Waals surface area contributed by atoms with Gasteiger partial charge in [-0.25, -0.2) is 0 Å². The topological polar surface area (TPSA) is 51.4 Å². The van der Waals surface area contributed by atoms with Crippen molar-refractivity contribution in [3.05, 3.63) is 58.1 Å². The van der Waals surface area contributed by atoms with Gasteiger partial charge in [0.15, 0.2) is 0 Å².